The molecule has 1 saturated carbocycles. The molecule has 1 aromatic heterocycles. The zero-order valence-corrected chi connectivity index (χ0v) is 15.8. The molecule has 2 aliphatic rings. The van der Waals surface area contributed by atoms with Crippen molar-refractivity contribution in [2.24, 2.45) is 5.41 Å². The van der Waals surface area contributed by atoms with Crippen molar-refractivity contribution in [3.63, 3.8) is 0 Å². The van der Waals surface area contributed by atoms with Gasteiger partial charge in [0, 0.05) is 11.3 Å². The Bertz CT molecular complexity index is 911. The van der Waals surface area contributed by atoms with E-state index in [9.17, 15) is 8.42 Å². The van der Waals surface area contributed by atoms with Gasteiger partial charge in [0.1, 0.15) is 0 Å². The number of hydrogen-bond donors (Lipinski definition) is 1. The molecule has 1 aromatic carbocycles. The molecule has 0 radical (unpaired) electrons. The third-order valence-corrected chi connectivity index (χ3v) is 7.25. The molecule has 2 aliphatic carbocycles. The maximum absolute atomic E-state index is 12.5. The monoisotopic (exact) mass is 359 g/mol. The molecule has 134 valence electrons. The fourth-order valence-corrected chi connectivity index (χ4v) is 5.39. The Morgan fingerprint density at radius 1 is 1.24 bits per heavy atom. The second-order valence-corrected chi connectivity index (χ2v) is 10.2. The number of fused-ring (bicyclic) bond motifs is 1. The van der Waals surface area contributed by atoms with Crippen molar-refractivity contribution < 1.29 is 8.42 Å². The Morgan fingerprint density at radius 2 is 1.96 bits per heavy atom. The summed E-state index contributed by atoms with van der Waals surface area (Å²) in [7, 11) is -3.23. The number of aromatic nitrogens is 2. The lowest BCUT2D eigenvalue weighted by molar-refractivity contribution is 0.268. The highest BCUT2D eigenvalue weighted by Crippen LogP contribution is 2.42. The molecule has 2 aromatic rings. The fourth-order valence-electron chi connectivity index (χ4n) is 3.83. The van der Waals surface area contributed by atoms with Gasteiger partial charge in [0.15, 0.2) is 0 Å². The van der Waals surface area contributed by atoms with Crippen molar-refractivity contribution in [2.45, 2.75) is 57.7 Å². The molecule has 6 heteroatoms. The molecule has 1 heterocycles. The fraction of sp³-hybridized carbons (Fsp3) is 0.526. The van der Waals surface area contributed by atoms with Crippen LogP contribution in [0.4, 0.5) is 0 Å². The van der Waals surface area contributed by atoms with E-state index in [1.165, 1.54) is 0 Å². The molecule has 4 rings (SSSR count). The molecule has 0 unspecified atom stereocenters. The van der Waals surface area contributed by atoms with E-state index in [1.54, 1.807) is 0 Å². The first kappa shape index (κ1) is 16.8. The lowest BCUT2D eigenvalue weighted by Crippen LogP contribution is -2.38. The van der Waals surface area contributed by atoms with Crippen LogP contribution in [0.25, 0.3) is 5.69 Å². The van der Waals surface area contributed by atoms with E-state index in [4.69, 9.17) is 0 Å². The number of nitrogens with one attached hydrogen (secondary N) is 1. The molecular formula is C19H25N3O2S. The number of nitrogens with zero attached hydrogens (tertiary/aromatic N) is 2. The van der Waals surface area contributed by atoms with Crippen molar-refractivity contribution in [3.8, 4) is 5.69 Å². The van der Waals surface area contributed by atoms with Gasteiger partial charge in [-0.1, -0.05) is 32.0 Å². The van der Waals surface area contributed by atoms with E-state index >= 15 is 0 Å². The third kappa shape index (κ3) is 3.13. The molecule has 25 heavy (non-hydrogen) atoms. The van der Waals surface area contributed by atoms with Crippen molar-refractivity contribution in [2.75, 3.05) is 0 Å². The van der Waals surface area contributed by atoms with Gasteiger partial charge in [0.05, 0.1) is 23.2 Å². The van der Waals surface area contributed by atoms with E-state index < -0.39 is 10.0 Å². The van der Waals surface area contributed by atoms with Gasteiger partial charge in [-0.25, -0.2) is 17.8 Å². The number of hydrogen-bond acceptors (Lipinski definition) is 3. The lowest BCUT2D eigenvalue weighted by Gasteiger charge is -2.36. The van der Waals surface area contributed by atoms with Crippen LogP contribution >= 0.6 is 0 Å². The Labute approximate surface area is 149 Å². The van der Waals surface area contributed by atoms with Crippen LogP contribution in [0.2, 0.25) is 0 Å². The van der Waals surface area contributed by atoms with Crippen LogP contribution in [0.1, 0.15) is 56.0 Å². The highest BCUT2D eigenvalue weighted by Gasteiger charge is 2.41. The third-order valence-electron chi connectivity index (χ3n) is 5.29. The van der Waals surface area contributed by atoms with Gasteiger partial charge in [-0.2, -0.15) is 5.10 Å². The number of aryl methyl sites for hydroxylation is 1. The summed E-state index contributed by atoms with van der Waals surface area (Å²) in [6.45, 7) is 6.47. The van der Waals surface area contributed by atoms with Gasteiger partial charge >= 0.3 is 0 Å². The number of benzene rings is 1. The van der Waals surface area contributed by atoms with Gasteiger partial charge < -0.3 is 0 Å². The first-order valence-electron chi connectivity index (χ1n) is 8.91. The van der Waals surface area contributed by atoms with E-state index in [-0.39, 0.29) is 16.7 Å². The minimum atomic E-state index is -3.23. The van der Waals surface area contributed by atoms with Gasteiger partial charge in [0.2, 0.25) is 10.0 Å². The van der Waals surface area contributed by atoms with Gasteiger partial charge in [-0.3, -0.25) is 0 Å². The smallest absolute Gasteiger partial charge is 0.215 e. The summed E-state index contributed by atoms with van der Waals surface area (Å²) in [4.78, 5) is 0. The minimum absolute atomic E-state index is 0.0181. The van der Waals surface area contributed by atoms with Gasteiger partial charge in [-0.15, -0.1) is 0 Å². The van der Waals surface area contributed by atoms with Crippen LogP contribution in [-0.4, -0.2) is 23.4 Å². The molecule has 1 fully saturated rings. The predicted molar refractivity (Wildman–Crippen MR) is 98.2 cm³/mol. The van der Waals surface area contributed by atoms with Crippen molar-refractivity contribution in [3.05, 3.63) is 47.3 Å². The van der Waals surface area contributed by atoms with E-state index in [0.29, 0.717) is 0 Å². The molecule has 0 amide bonds. The lowest BCUT2D eigenvalue weighted by atomic mass is 9.74. The summed E-state index contributed by atoms with van der Waals surface area (Å²) in [6, 6.07) is 7.98. The molecule has 1 N–H and O–H groups in total. The number of rotatable bonds is 4. The zero-order chi connectivity index (χ0) is 17.8. The first-order valence-corrected chi connectivity index (χ1v) is 10.5. The van der Waals surface area contributed by atoms with Gasteiger partial charge in [0.25, 0.3) is 0 Å². The van der Waals surface area contributed by atoms with Crippen LogP contribution in [0, 0.1) is 12.3 Å². The van der Waals surface area contributed by atoms with Crippen LogP contribution in [0.5, 0.6) is 0 Å². The first-order chi connectivity index (χ1) is 11.8. The second kappa shape index (κ2) is 5.68. The molecule has 0 spiro atoms. The topological polar surface area (TPSA) is 64.0 Å². The van der Waals surface area contributed by atoms with E-state index in [2.05, 4.69) is 42.7 Å². The molecule has 1 atom stereocenters. The summed E-state index contributed by atoms with van der Waals surface area (Å²) in [5, 5.41) is 4.42. The van der Waals surface area contributed by atoms with Crippen molar-refractivity contribution in [1.82, 2.24) is 14.5 Å². The summed E-state index contributed by atoms with van der Waals surface area (Å²) in [5.41, 5.74) is 4.38. The SMILES string of the molecule is Cc1ccccc1-n1ncc2c1CC(C)(C)C[C@@H]2NS(=O)(=O)C1CC1. The second-order valence-electron chi connectivity index (χ2n) is 8.20. The van der Waals surface area contributed by atoms with E-state index in [0.717, 1.165) is 48.2 Å². The summed E-state index contributed by atoms with van der Waals surface area (Å²) in [6.07, 6.45) is 5.09. The summed E-state index contributed by atoms with van der Waals surface area (Å²) in [5.74, 6) is 0. The summed E-state index contributed by atoms with van der Waals surface area (Å²) >= 11 is 0. The molecule has 5 nitrogen and oxygen atoms in total. The standard InChI is InChI=1S/C19H25N3O2S/c1-13-6-4-5-7-17(13)22-18-11-19(2,3)10-16(15(18)12-20-22)21-25(23,24)14-8-9-14/h4-7,12,14,16,21H,8-11H2,1-3H3/t16-/m0/s1. The molecular weight excluding hydrogens is 334 g/mol. The van der Waals surface area contributed by atoms with Crippen LogP contribution in [0.3, 0.4) is 0 Å². The van der Waals surface area contributed by atoms with Crippen LogP contribution in [0.15, 0.2) is 30.5 Å². The van der Waals surface area contributed by atoms with E-state index in [1.807, 2.05) is 23.0 Å². The normalized spacial score (nSPS) is 22.6. The average molecular weight is 359 g/mol. The maximum atomic E-state index is 12.5. The molecule has 0 saturated heterocycles. The van der Waals surface area contributed by atoms with Crippen molar-refractivity contribution >= 4 is 10.0 Å². The Kier molecular flexibility index (Phi) is 3.81. The highest BCUT2D eigenvalue weighted by atomic mass is 32.2. The minimum Gasteiger partial charge on any atom is -0.237 e. The zero-order valence-electron chi connectivity index (χ0n) is 15.0. The number of sulfonamides is 1. The highest BCUT2D eigenvalue weighted by molar-refractivity contribution is 7.90. The van der Waals surface area contributed by atoms with Crippen LogP contribution < -0.4 is 4.72 Å². The Hall–Kier alpha value is -1.66. The number of para-hydroxylation sites is 1. The molecule has 0 bridgehead atoms. The summed E-state index contributed by atoms with van der Waals surface area (Å²) < 4.78 is 29.9. The average Bonchev–Trinajstić information content (AvgIpc) is 3.29. The molecule has 0 aliphatic heterocycles. The van der Waals surface area contributed by atoms with Crippen LogP contribution in [-0.2, 0) is 16.4 Å². The van der Waals surface area contributed by atoms with Crippen molar-refractivity contribution in [1.29, 1.82) is 0 Å². The maximum Gasteiger partial charge on any atom is 0.215 e. The quantitative estimate of drug-likeness (QED) is 0.911. The Balaban J connectivity index is 1.76. The Morgan fingerprint density at radius 3 is 2.64 bits per heavy atom. The van der Waals surface area contributed by atoms with Gasteiger partial charge in [-0.05, 0) is 49.7 Å². The largest absolute Gasteiger partial charge is 0.237 e. The predicted octanol–water partition coefficient (Wildman–Crippen LogP) is 3.28.